The van der Waals surface area contributed by atoms with Gasteiger partial charge in [-0.2, -0.15) is 0 Å². The molecule has 0 saturated carbocycles. The minimum absolute atomic E-state index is 0.0726. The lowest BCUT2D eigenvalue weighted by Gasteiger charge is -2.51. The molecule has 16 aliphatic heterocycles. The van der Waals surface area contributed by atoms with Crippen LogP contribution in [0.4, 0.5) is 0 Å². The van der Waals surface area contributed by atoms with Crippen molar-refractivity contribution in [3.8, 4) is 0 Å². The van der Waals surface area contributed by atoms with E-state index in [-0.39, 0.29) is 6.61 Å². The molecule has 30 nitrogen and oxygen atoms in total. The third kappa shape index (κ3) is 12.0. The molecule has 0 aromatic heterocycles. The molecule has 0 aliphatic carbocycles. The topological polar surface area (TPSA) is 464 Å². The fraction of sp³-hybridized carbons (Fsp3) is 0.952. The summed E-state index contributed by atoms with van der Waals surface area (Å²) in [5.41, 5.74) is 0. The number of hydrogen-bond donors (Lipinski definition) is 17. The van der Waals surface area contributed by atoms with Gasteiger partial charge in [-0.05, 0) is 19.3 Å². The van der Waals surface area contributed by atoms with Gasteiger partial charge in [-0.15, -0.1) is 6.58 Å². The van der Waals surface area contributed by atoms with Gasteiger partial charge in [0.2, 0.25) is 0 Å². The molecule has 0 amide bonds. The van der Waals surface area contributed by atoms with Gasteiger partial charge in [0.1, 0.15) is 146 Å². The van der Waals surface area contributed by atoms with Gasteiger partial charge in [-0.1, -0.05) is 6.08 Å². The molecule has 0 spiro atoms. The van der Waals surface area contributed by atoms with Crippen LogP contribution in [0.15, 0.2) is 12.7 Å². The highest BCUT2D eigenvalue weighted by Crippen LogP contribution is 2.38. The Morgan fingerprint density at radius 3 is 0.792 bits per heavy atom. The zero-order chi connectivity index (χ0) is 52.3. The van der Waals surface area contributed by atoms with E-state index in [2.05, 4.69) is 6.58 Å². The predicted molar refractivity (Wildman–Crippen MR) is 224 cm³/mol. The molecule has 16 saturated heterocycles. The van der Waals surface area contributed by atoms with Crippen LogP contribution in [0, 0.1) is 0 Å². The third-order valence-corrected chi connectivity index (χ3v) is 13.8. The van der Waals surface area contributed by atoms with Crippen LogP contribution >= 0.6 is 0 Å². The van der Waals surface area contributed by atoms with E-state index in [4.69, 9.17) is 61.6 Å². The molecule has 30 atom stereocenters. The van der Waals surface area contributed by atoms with E-state index in [1.54, 1.807) is 6.08 Å². The minimum atomic E-state index is -2.15. The molecule has 0 aromatic carbocycles. The molecule has 16 rings (SSSR count). The molecule has 72 heavy (non-hydrogen) atoms. The highest BCUT2D eigenvalue weighted by atomic mass is 16.8. The second-order valence-electron chi connectivity index (χ2n) is 18.5. The maximum atomic E-state index is 11.9. The largest absolute Gasteiger partial charge is 0.394 e. The number of hydrogen-bond acceptors (Lipinski definition) is 30. The van der Waals surface area contributed by atoms with Crippen LogP contribution in [0.3, 0.4) is 0 Å². The maximum Gasteiger partial charge on any atom is 0.187 e. The van der Waals surface area contributed by atoms with Crippen molar-refractivity contribution in [1.29, 1.82) is 0 Å². The van der Waals surface area contributed by atoms with Gasteiger partial charge in [0, 0.05) is 6.61 Å². The Balaban J connectivity index is 1.21. The van der Waals surface area contributed by atoms with Gasteiger partial charge in [-0.25, -0.2) is 0 Å². The number of allylic oxidation sites excluding steroid dienone is 1. The average molecular weight is 1050 g/mol. The Morgan fingerprint density at radius 1 is 0.306 bits per heavy atom. The second kappa shape index (κ2) is 25.8. The van der Waals surface area contributed by atoms with E-state index in [9.17, 15) is 86.8 Å². The van der Waals surface area contributed by atoms with Crippen molar-refractivity contribution in [2.75, 3.05) is 46.2 Å². The first-order valence-corrected chi connectivity index (χ1v) is 23.7. The summed E-state index contributed by atoms with van der Waals surface area (Å²) in [6.07, 6.45) is -53.7. The standard InChI is InChI=1S/C42H70O30/c1-2-3-4-5-6-60-36-29(59)35-18(12-48)66-42(36)72-34-17(11-47)65-40(28(58)23(34)53)70-32-15(9-45)63-38(26(56)21(32)51)68-30-13(7-43)61-37(24(54)19(30)49)67-31-14(8-44)62-39(25(55)20(31)50)69-33-16(10-46)64-41(71-35)27(57)22(33)52/h2,13-59H,1,3-12H2/t13-,14-,15-,16-,17-,18-,19-,20-,21-,22-,23-,24-,25-,26-,27-,28-,29+,30-,31-,32-,33-,34-,35-,36-,37-,38-,39-,40-,41-,42-/m1/s1. The molecule has 16 aliphatic rings. The Morgan fingerprint density at radius 2 is 0.542 bits per heavy atom. The van der Waals surface area contributed by atoms with Gasteiger partial charge in [0.15, 0.2) is 37.7 Å². The van der Waals surface area contributed by atoms with E-state index in [0.29, 0.717) is 19.3 Å². The fourth-order valence-corrected chi connectivity index (χ4v) is 9.70. The fourth-order valence-electron chi connectivity index (χ4n) is 9.70. The van der Waals surface area contributed by atoms with Crippen LogP contribution in [0.2, 0.25) is 0 Å². The van der Waals surface area contributed by atoms with E-state index in [0.717, 1.165) is 0 Å². The van der Waals surface area contributed by atoms with Crippen molar-refractivity contribution in [2.24, 2.45) is 0 Å². The van der Waals surface area contributed by atoms with Crippen molar-refractivity contribution in [2.45, 2.75) is 203 Å². The van der Waals surface area contributed by atoms with E-state index >= 15 is 0 Å². The van der Waals surface area contributed by atoms with Gasteiger partial charge in [0.05, 0.1) is 39.6 Å². The van der Waals surface area contributed by atoms with E-state index in [1.807, 2.05) is 0 Å². The van der Waals surface area contributed by atoms with Crippen molar-refractivity contribution in [3.05, 3.63) is 12.7 Å². The number of unbranched alkanes of at least 4 members (excludes halogenated alkanes) is 2. The summed E-state index contributed by atoms with van der Waals surface area (Å²) in [6.45, 7) is -2.25. The highest BCUT2D eigenvalue weighted by molar-refractivity contribution is 5.01. The third-order valence-electron chi connectivity index (χ3n) is 13.8. The normalized spacial score (nSPS) is 51.7. The van der Waals surface area contributed by atoms with Crippen LogP contribution in [0.1, 0.15) is 19.3 Å². The average Bonchev–Trinajstić information content (AvgIpc) is 3.37. The molecule has 0 radical (unpaired) electrons. The molecule has 16 fully saturated rings. The van der Waals surface area contributed by atoms with Gasteiger partial charge < -0.3 is 148 Å². The number of aliphatic hydroxyl groups excluding tert-OH is 17. The lowest BCUT2D eigenvalue weighted by Crippen LogP contribution is -2.69. The van der Waals surface area contributed by atoms with Crippen LogP contribution in [-0.4, -0.2) is 317 Å². The quantitative estimate of drug-likeness (QED) is 0.0637. The summed E-state index contributed by atoms with van der Waals surface area (Å²) in [7, 11) is 0. The highest BCUT2D eigenvalue weighted by Gasteiger charge is 2.59. The Labute approximate surface area is 410 Å². The molecule has 30 heteroatoms. The lowest BCUT2D eigenvalue weighted by atomic mass is 9.94. The Bertz CT molecular complexity index is 1650. The monoisotopic (exact) mass is 1050 g/mol. The van der Waals surface area contributed by atoms with Crippen LogP contribution in [0.5, 0.6) is 0 Å². The molecule has 418 valence electrons. The predicted octanol–water partition coefficient (Wildman–Crippen LogP) is -10.7. The lowest BCUT2D eigenvalue weighted by molar-refractivity contribution is -0.405. The zero-order valence-corrected chi connectivity index (χ0v) is 38.6. The first-order chi connectivity index (χ1) is 34.5. The first-order valence-electron chi connectivity index (χ1n) is 23.7. The summed E-state index contributed by atoms with van der Waals surface area (Å²) in [4.78, 5) is 0. The Kier molecular flexibility index (Phi) is 20.9. The molecule has 12 bridgehead atoms. The maximum absolute atomic E-state index is 11.9. The van der Waals surface area contributed by atoms with Crippen molar-refractivity contribution < 1.29 is 148 Å². The second-order valence-corrected chi connectivity index (χ2v) is 18.5. The van der Waals surface area contributed by atoms with Crippen LogP contribution < -0.4 is 0 Å². The summed E-state index contributed by atoms with van der Waals surface area (Å²) in [6, 6.07) is 0. The minimum Gasteiger partial charge on any atom is -0.394 e. The summed E-state index contributed by atoms with van der Waals surface area (Å²) >= 11 is 0. The van der Waals surface area contributed by atoms with E-state index < -0.39 is 224 Å². The molecular weight excluding hydrogens is 984 g/mol. The number of ether oxygens (including phenoxy) is 13. The molecule has 16 heterocycles. The van der Waals surface area contributed by atoms with Crippen LogP contribution in [0.25, 0.3) is 0 Å². The van der Waals surface area contributed by atoms with E-state index in [1.165, 1.54) is 0 Å². The van der Waals surface area contributed by atoms with Crippen molar-refractivity contribution in [3.63, 3.8) is 0 Å². The first kappa shape index (κ1) is 58.2. The number of aliphatic hydroxyl groups is 17. The summed E-state index contributed by atoms with van der Waals surface area (Å²) in [5, 5.41) is 188. The summed E-state index contributed by atoms with van der Waals surface area (Å²) in [5.74, 6) is 0. The van der Waals surface area contributed by atoms with Gasteiger partial charge in [0.25, 0.3) is 0 Å². The summed E-state index contributed by atoms with van der Waals surface area (Å²) < 4.78 is 75.7. The van der Waals surface area contributed by atoms with Gasteiger partial charge >= 0.3 is 0 Å². The molecular formula is C42H70O30. The van der Waals surface area contributed by atoms with Gasteiger partial charge in [-0.3, -0.25) is 0 Å². The van der Waals surface area contributed by atoms with Crippen LogP contribution in [-0.2, 0) is 61.6 Å². The molecule has 0 unspecified atom stereocenters. The molecule has 17 N–H and O–H groups in total. The molecule has 0 aromatic rings. The smallest absolute Gasteiger partial charge is 0.187 e. The Hall–Kier alpha value is -1.46. The number of rotatable bonds is 12. The van der Waals surface area contributed by atoms with Crippen molar-refractivity contribution >= 4 is 0 Å². The van der Waals surface area contributed by atoms with Crippen molar-refractivity contribution in [1.82, 2.24) is 0 Å². The SMILES string of the molecule is C=CCCCCO[C@H]1[C@H]2O[C@H]3[C@H](O)[C@@H](O)[C@@H](O[C@H]4[C@H](O)[C@@H](O)[C@@H](O[C@H]5[C@H](O)[C@@H](O)[C@@H](O[C@H]6[C@H](O)[C@@H](O)[C@@H](O[C@H]7[C@H](O)[C@@H](O)[C@@H](O[C@@H]([C@@H]1O)[C@@H](CO)O2)O[C@@H]7CO)O[C@@H]6CO)O[C@@H]5CO)O[C@@H]4CO)O[C@@H]3CO. The zero-order valence-electron chi connectivity index (χ0n) is 38.6.